The van der Waals surface area contributed by atoms with Crippen molar-refractivity contribution in [1.82, 2.24) is 15.2 Å². The summed E-state index contributed by atoms with van der Waals surface area (Å²) in [4.78, 5) is 3.97. The highest BCUT2D eigenvalue weighted by atomic mass is 15.3. The smallest absolute Gasteiger partial charge is 0.243 e. The van der Waals surface area contributed by atoms with Gasteiger partial charge >= 0.3 is 0 Å². The molecule has 5 nitrogen and oxygen atoms in total. The van der Waals surface area contributed by atoms with E-state index in [0.29, 0.717) is 11.9 Å². The highest BCUT2D eigenvalue weighted by Crippen LogP contribution is 2.13. The number of nitrogens with one attached hydrogen (secondary N) is 2. The predicted molar refractivity (Wildman–Crippen MR) is 65.0 cm³/mol. The van der Waals surface area contributed by atoms with Crippen LogP contribution in [0.25, 0.3) is 0 Å². The molecular formula is C11H17N5. The Morgan fingerprint density at radius 3 is 3.19 bits per heavy atom. The number of hydrogen-bond donors (Lipinski definition) is 3. The van der Waals surface area contributed by atoms with E-state index in [1.807, 2.05) is 0 Å². The first kappa shape index (κ1) is 10.7. The van der Waals surface area contributed by atoms with Crippen molar-refractivity contribution in [1.29, 1.82) is 0 Å². The standard InChI is InChI=1S/C11H17N5/c12-10-14-11(16-15-10)13-8-7-9-5-3-1-2-4-6-9/h3,5-6H,1-2,4,7-8H2,(H4,12,13,14,15,16). The molecule has 16 heavy (non-hydrogen) atoms. The summed E-state index contributed by atoms with van der Waals surface area (Å²) in [5.74, 6) is 0.909. The maximum Gasteiger partial charge on any atom is 0.243 e. The van der Waals surface area contributed by atoms with Crippen molar-refractivity contribution in [3.63, 3.8) is 0 Å². The summed E-state index contributed by atoms with van der Waals surface area (Å²) in [5.41, 5.74) is 6.80. The van der Waals surface area contributed by atoms with E-state index in [0.717, 1.165) is 13.0 Å². The summed E-state index contributed by atoms with van der Waals surface area (Å²) in [6.07, 6.45) is 11.4. The molecule has 1 heterocycles. The second-order valence-electron chi connectivity index (χ2n) is 3.83. The molecule has 1 aliphatic rings. The Bertz CT molecular complexity index is 391. The van der Waals surface area contributed by atoms with E-state index in [9.17, 15) is 0 Å². The van der Waals surface area contributed by atoms with Crippen LogP contribution in [0.4, 0.5) is 11.9 Å². The van der Waals surface area contributed by atoms with Crippen LogP contribution in [-0.4, -0.2) is 21.7 Å². The second kappa shape index (κ2) is 5.34. The van der Waals surface area contributed by atoms with Crippen molar-refractivity contribution in [3.05, 3.63) is 23.8 Å². The highest BCUT2D eigenvalue weighted by Gasteiger charge is 2.00. The molecule has 4 N–H and O–H groups in total. The molecule has 0 fully saturated rings. The van der Waals surface area contributed by atoms with Crippen LogP contribution in [0.15, 0.2) is 23.8 Å². The molecule has 0 atom stereocenters. The molecule has 5 heteroatoms. The lowest BCUT2D eigenvalue weighted by Gasteiger charge is -2.02. The van der Waals surface area contributed by atoms with Gasteiger partial charge in [0.25, 0.3) is 0 Å². The van der Waals surface area contributed by atoms with Gasteiger partial charge in [-0.2, -0.15) is 4.98 Å². The van der Waals surface area contributed by atoms with Gasteiger partial charge in [0.1, 0.15) is 0 Å². The van der Waals surface area contributed by atoms with Crippen LogP contribution in [0.2, 0.25) is 0 Å². The van der Waals surface area contributed by atoms with Gasteiger partial charge in [0.05, 0.1) is 0 Å². The number of nitrogens with zero attached hydrogens (tertiary/aromatic N) is 2. The number of nitrogens with two attached hydrogens (primary N) is 1. The number of allylic oxidation sites excluding steroid dienone is 3. The molecule has 0 saturated carbocycles. The molecule has 1 aliphatic carbocycles. The lowest BCUT2D eigenvalue weighted by Crippen LogP contribution is -2.03. The zero-order valence-corrected chi connectivity index (χ0v) is 9.24. The fraction of sp³-hybridized carbons (Fsp3) is 0.455. The van der Waals surface area contributed by atoms with Gasteiger partial charge in [-0.3, -0.25) is 0 Å². The first-order valence-corrected chi connectivity index (χ1v) is 5.62. The van der Waals surface area contributed by atoms with E-state index < -0.39 is 0 Å². The Morgan fingerprint density at radius 1 is 1.44 bits per heavy atom. The van der Waals surface area contributed by atoms with E-state index >= 15 is 0 Å². The highest BCUT2D eigenvalue weighted by molar-refractivity contribution is 5.30. The van der Waals surface area contributed by atoms with E-state index in [1.54, 1.807) is 0 Å². The van der Waals surface area contributed by atoms with Gasteiger partial charge < -0.3 is 11.1 Å². The zero-order valence-electron chi connectivity index (χ0n) is 9.24. The van der Waals surface area contributed by atoms with Gasteiger partial charge in [-0.1, -0.05) is 23.8 Å². The van der Waals surface area contributed by atoms with Gasteiger partial charge in [-0.05, 0) is 25.7 Å². The van der Waals surface area contributed by atoms with Crippen LogP contribution in [-0.2, 0) is 0 Å². The minimum Gasteiger partial charge on any atom is -0.368 e. The Balaban J connectivity index is 1.77. The number of nitrogen functional groups attached to an aromatic ring is 1. The molecular weight excluding hydrogens is 202 g/mol. The molecule has 0 saturated heterocycles. The minimum atomic E-state index is 0.344. The van der Waals surface area contributed by atoms with Gasteiger partial charge in [0, 0.05) is 6.54 Å². The molecule has 0 aromatic carbocycles. The summed E-state index contributed by atoms with van der Waals surface area (Å²) in [6, 6.07) is 0. The number of aromatic amines is 1. The maximum absolute atomic E-state index is 5.42. The van der Waals surface area contributed by atoms with Crippen LogP contribution >= 0.6 is 0 Å². The zero-order chi connectivity index (χ0) is 11.2. The number of H-pyrrole nitrogens is 1. The molecule has 1 aromatic heterocycles. The lowest BCUT2D eigenvalue weighted by atomic mass is 10.1. The third kappa shape index (κ3) is 3.12. The van der Waals surface area contributed by atoms with Crippen LogP contribution in [0.5, 0.6) is 0 Å². The predicted octanol–water partition coefficient (Wildman–Crippen LogP) is 1.86. The summed E-state index contributed by atoms with van der Waals surface area (Å²) in [5, 5.41) is 9.62. The summed E-state index contributed by atoms with van der Waals surface area (Å²) in [6.45, 7) is 0.827. The average Bonchev–Trinajstić information content (AvgIpc) is 2.54. The van der Waals surface area contributed by atoms with Gasteiger partial charge in [0.15, 0.2) is 0 Å². The van der Waals surface area contributed by atoms with Crippen molar-refractivity contribution in [3.8, 4) is 0 Å². The summed E-state index contributed by atoms with van der Waals surface area (Å²) < 4.78 is 0. The second-order valence-corrected chi connectivity index (χ2v) is 3.83. The van der Waals surface area contributed by atoms with Crippen molar-refractivity contribution in [2.24, 2.45) is 0 Å². The molecule has 2 rings (SSSR count). The Labute approximate surface area is 94.8 Å². The largest absolute Gasteiger partial charge is 0.368 e. The van der Waals surface area contributed by atoms with E-state index in [1.165, 1.54) is 24.8 Å². The van der Waals surface area contributed by atoms with E-state index in [4.69, 9.17) is 5.73 Å². The van der Waals surface area contributed by atoms with Crippen LogP contribution in [0.3, 0.4) is 0 Å². The first-order valence-electron chi connectivity index (χ1n) is 5.62. The molecule has 86 valence electrons. The molecule has 0 spiro atoms. The maximum atomic E-state index is 5.42. The van der Waals surface area contributed by atoms with Gasteiger partial charge in [-0.25, -0.2) is 5.10 Å². The van der Waals surface area contributed by atoms with Crippen LogP contribution in [0, 0.1) is 0 Å². The summed E-state index contributed by atoms with van der Waals surface area (Å²) >= 11 is 0. The monoisotopic (exact) mass is 219 g/mol. The number of rotatable bonds is 4. The molecule has 0 aliphatic heterocycles. The summed E-state index contributed by atoms with van der Waals surface area (Å²) in [7, 11) is 0. The molecule has 0 bridgehead atoms. The van der Waals surface area contributed by atoms with Gasteiger partial charge in [0.2, 0.25) is 11.9 Å². The topological polar surface area (TPSA) is 79.6 Å². The van der Waals surface area contributed by atoms with E-state index in [-0.39, 0.29) is 0 Å². The Morgan fingerprint density at radius 2 is 2.38 bits per heavy atom. The molecule has 1 aromatic rings. The first-order chi connectivity index (χ1) is 7.84. The molecule has 0 unspecified atom stereocenters. The van der Waals surface area contributed by atoms with Crippen LogP contribution < -0.4 is 11.1 Å². The van der Waals surface area contributed by atoms with Crippen molar-refractivity contribution in [2.45, 2.75) is 25.7 Å². The van der Waals surface area contributed by atoms with Crippen molar-refractivity contribution < 1.29 is 0 Å². The Hall–Kier alpha value is -1.78. The fourth-order valence-corrected chi connectivity index (χ4v) is 1.68. The lowest BCUT2D eigenvalue weighted by molar-refractivity contribution is 0.871. The normalized spacial score (nSPS) is 15.6. The fourth-order valence-electron chi connectivity index (χ4n) is 1.68. The number of anilines is 2. The van der Waals surface area contributed by atoms with Gasteiger partial charge in [-0.15, -0.1) is 5.10 Å². The van der Waals surface area contributed by atoms with Crippen LogP contribution in [0.1, 0.15) is 25.7 Å². The van der Waals surface area contributed by atoms with E-state index in [2.05, 4.69) is 38.7 Å². The number of aromatic nitrogens is 3. The third-order valence-corrected chi connectivity index (χ3v) is 2.51. The molecule has 0 radical (unpaired) electrons. The minimum absolute atomic E-state index is 0.344. The van der Waals surface area contributed by atoms with Crippen molar-refractivity contribution in [2.75, 3.05) is 17.6 Å². The third-order valence-electron chi connectivity index (χ3n) is 2.51. The molecule has 0 amide bonds. The SMILES string of the molecule is Nc1nc(NCCC2=CCCCC=C2)n[nH]1. The average molecular weight is 219 g/mol. The van der Waals surface area contributed by atoms with Crippen molar-refractivity contribution >= 4 is 11.9 Å². The number of hydrogen-bond acceptors (Lipinski definition) is 4. The quantitative estimate of drug-likeness (QED) is 0.722. The Kier molecular flexibility index (Phi) is 3.58.